The Labute approximate surface area is 163 Å². The summed E-state index contributed by atoms with van der Waals surface area (Å²) in [5, 5.41) is 0. The summed E-state index contributed by atoms with van der Waals surface area (Å²) < 4.78 is 34.4. The van der Waals surface area contributed by atoms with Gasteiger partial charge in [-0.1, -0.05) is 13.8 Å². The van der Waals surface area contributed by atoms with Crippen molar-refractivity contribution in [3.63, 3.8) is 0 Å². The Bertz CT molecular complexity index is 847. The van der Waals surface area contributed by atoms with Gasteiger partial charge in [0.1, 0.15) is 0 Å². The van der Waals surface area contributed by atoms with Crippen molar-refractivity contribution in [1.82, 2.24) is 0 Å². The van der Waals surface area contributed by atoms with Crippen molar-refractivity contribution in [2.75, 3.05) is 27.4 Å². The molecule has 0 saturated heterocycles. The average molecular weight is 390 g/mol. The van der Waals surface area contributed by atoms with Crippen molar-refractivity contribution in [1.29, 1.82) is 0 Å². The number of methoxy groups -OCH3 is 2. The Morgan fingerprint density at radius 1 is 0.929 bits per heavy atom. The van der Waals surface area contributed by atoms with Crippen LogP contribution in [0.4, 0.5) is 4.39 Å². The molecule has 0 radical (unpaired) electrons. The lowest BCUT2D eigenvalue weighted by molar-refractivity contribution is 0.0474. The predicted octanol–water partition coefficient (Wildman–Crippen LogP) is 3.92. The van der Waals surface area contributed by atoms with Gasteiger partial charge in [0.15, 0.2) is 35.5 Å². The van der Waals surface area contributed by atoms with Crippen LogP contribution in [0.5, 0.6) is 17.2 Å². The SMILES string of the molecule is COc1ccc(C(=O)COC(=O)c2ccc(OCC(C)C)c(OC)c2)cc1F. The fraction of sp³-hybridized carbons (Fsp3) is 0.333. The number of esters is 1. The van der Waals surface area contributed by atoms with Crippen LogP contribution in [0.1, 0.15) is 34.6 Å². The molecule has 0 fully saturated rings. The molecule has 0 N–H and O–H groups in total. The first-order valence-corrected chi connectivity index (χ1v) is 8.70. The summed E-state index contributed by atoms with van der Waals surface area (Å²) in [5.41, 5.74) is 0.295. The largest absolute Gasteiger partial charge is 0.494 e. The Morgan fingerprint density at radius 2 is 1.57 bits per heavy atom. The minimum Gasteiger partial charge on any atom is -0.494 e. The molecule has 0 aliphatic rings. The van der Waals surface area contributed by atoms with E-state index in [1.165, 1.54) is 38.5 Å². The quantitative estimate of drug-likeness (QED) is 0.477. The monoisotopic (exact) mass is 390 g/mol. The van der Waals surface area contributed by atoms with Gasteiger partial charge in [-0.25, -0.2) is 9.18 Å². The molecule has 0 heterocycles. The van der Waals surface area contributed by atoms with Crippen LogP contribution in [0, 0.1) is 11.7 Å². The number of benzene rings is 2. The van der Waals surface area contributed by atoms with E-state index in [0.29, 0.717) is 24.0 Å². The van der Waals surface area contributed by atoms with Crippen LogP contribution in [0.25, 0.3) is 0 Å². The lowest BCUT2D eigenvalue weighted by atomic mass is 10.1. The van der Waals surface area contributed by atoms with E-state index in [1.807, 2.05) is 13.8 Å². The second kappa shape index (κ2) is 9.73. The minimum atomic E-state index is -0.698. The van der Waals surface area contributed by atoms with Crippen molar-refractivity contribution < 1.29 is 32.9 Å². The van der Waals surface area contributed by atoms with Gasteiger partial charge >= 0.3 is 5.97 Å². The number of ether oxygens (including phenoxy) is 4. The third kappa shape index (κ3) is 5.45. The Kier molecular flexibility index (Phi) is 7.37. The molecule has 28 heavy (non-hydrogen) atoms. The van der Waals surface area contributed by atoms with Crippen molar-refractivity contribution >= 4 is 11.8 Å². The molecule has 0 amide bonds. The lowest BCUT2D eigenvalue weighted by Gasteiger charge is -2.13. The molecule has 2 rings (SSSR count). The summed E-state index contributed by atoms with van der Waals surface area (Å²) in [7, 11) is 2.80. The normalized spacial score (nSPS) is 10.5. The minimum absolute atomic E-state index is 0.0282. The van der Waals surface area contributed by atoms with E-state index >= 15 is 0 Å². The van der Waals surface area contributed by atoms with Crippen molar-refractivity contribution in [3.8, 4) is 17.2 Å². The van der Waals surface area contributed by atoms with Gasteiger partial charge in [0.2, 0.25) is 0 Å². The molecule has 7 heteroatoms. The highest BCUT2D eigenvalue weighted by Gasteiger charge is 2.16. The molecular formula is C21H23FO6. The van der Waals surface area contributed by atoms with Crippen LogP contribution in [-0.2, 0) is 4.74 Å². The number of hydrogen-bond acceptors (Lipinski definition) is 6. The van der Waals surface area contributed by atoms with Crippen LogP contribution in [0.15, 0.2) is 36.4 Å². The Morgan fingerprint density at radius 3 is 2.18 bits per heavy atom. The molecule has 0 bridgehead atoms. The van der Waals surface area contributed by atoms with Crippen LogP contribution >= 0.6 is 0 Å². The van der Waals surface area contributed by atoms with Gasteiger partial charge in [-0.2, -0.15) is 0 Å². The lowest BCUT2D eigenvalue weighted by Crippen LogP contribution is -2.15. The highest BCUT2D eigenvalue weighted by atomic mass is 19.1. The van der Waals surface area contributed by atoms with E-state index in [-0.39, 0.29) is 16.9 Å². The van der Waals surface area contributed by atoms with Gasteiger partial charge in [-0.15, -0.1) is 0 Å². The number of ketones is 1. The van der Waals surface area contributed by atoms with E-state index in [4.69, 9.17) is 18.9 Å². The summed E-state index contributed by atoms with van der Waals surface area (Å²) >= 11 is 0. The summed E-state index contributed by atoms with van der Waals surface area (Å²) in [4.78, 5) is 24.4. The molecule has 0 spiro atoms. The maximum Gasteiger partial charge on any atom is 0.338 e. The molecular weight excluding hydrogens is 367 g/mol. The van der Waals surface area contributed by atoms with Crippen molar-refractivity contribution in [2.24, 2.45) is 5.92 Å². The first kappa shape index (κ1) is 21.2. The first-order valence-electron chi connectivity index (χ1n) is 8.70. The number of carbonyl (C=O) groups excluding carboxylic acids is 2. The molecule has 0 saturated carbocycles. The Hall–Kier alpha value is -3.09. The van der Waals surface area contributed by atoms with E-state index in [1.54, 1.807) is 6.07 Å². The van der Waals surface area contributed by atoms with E-state index < -0.39 is 24.2 Å². The van der Waals surface area contributed by atoms with Crippen LogP contribution < -0.4 is 14.2 Å². The summed E-state index contributed by atoms with van der Waals surface area (Å²) in [6, 6.07) is 8.40. The molecule has 0 aliphatic heterocycles. The van der Waals surface area contributed by atoms with Crippen LogP contribution in [0.2, 0.25) is 0 Å². The molecule has 0 atom stereocenters. The zero-order valence-electron chi connectivity index (χ0n) is 16.3. The number of carbonyl (C=O) groups is 2. The molecule has 150 valence electrons. The second-order valence-corrected chi connectivity index (χ2v) is 6.42. The van der Waals surface area contributed by atoms with Gasteiger partial charge in [0, 0.05) is 5.56 Å². The van der Waals surface area contributed by atoms with Gasteiger partial charge in [-0.3, -0.25) is 4.79 Å². The van der Waals surface area contributed by atoms with Crippen molar-refractivity contribution in [3.05, 3.63) is 53.3 Å². The maximum absolute atomic E-state index is 13.7. The van der Waals surface area contributed by atoms with Gasteiger partial charge in [0.05, 0.1) is 26.4 Å². The number of halogens is 1. The molecule has 2 aromatic carbocycles. The molecule has 0 aliphatic carbocycles. The molecule has 2 aromatic rings. The number of Topliss-reactive ketones (excluding diaryl/α,β-unsaturated/α-hetero) is 1. The number of rotatable bonds is 9. The topological polar surface area (TPSA) is 71.1 Å². The molecule has 0 unspecified atom stereocenters. The smallest absolute Gasteiger partial charge is 0.338 e. The third-order valence-corrected chi connectivity index (χ3v) is 3.78. The second-order valence-electron chi connectivity index (χ2n) is 6.42. The molecule has 6 nitrogen and oxygen atoms in total. The van der Waals surface area contributed by atoms with Crippen LogP contribution in [0.3, 0.4) is 0 Å². The van der Waals surface area contributed by atoms with E-state index in [2.05, 4.69) is 0 Å². The standard InChI is InChI=1S/C21H23FO6/c1-13(2)11-27-19-8-6-15(10-20(19)26-4)21(24)28-12-17(23)14-5-7-18(25-3)16(22)9-14/h5-10,13H,11-12H2,1-4H3. The third-order valence-electron chi connectivity index (χ3n) is 3.78. The van der Waals surface area contributed by atoms with Gasteiger partial charge < -0.3 is 18.9 Å². The fourth-order valence-corrected chi connectivity index (χ4v) is 2.31. The maximum atomic E-state index is 13.7. The predicted molar refractivity (Wildman–Crippen MR) is 101 cm³/mol. The van der Waals surface area contributed by atoms with E-state index in [9.17, 15) is 14.0 Å². The molecule has 0 aromatic heterocycles. The van der Waals surface area contributed by atoms with Gasteiger partial charge in [-0.05, 0) is 42.3 Å². The van der Waals surface area contributed by atoms with Gasteiger partial charge in [0.25, 0.3) is 0 Å². The zero-order chi connectivity index (χ0) is 20.7. The average Bonchev–Trinajstić information content (AvgIpc) is 2.69. The highest BCUT2D eigenvalue weighted by molar-refractivity contribution is 5.99. The van der Waals surface area contributed by atoms with E-state index in [0.717, 1.165) is 6.07 Å². The fourth-order valence-electron chi connectivity index (χ4n) is 2.31. The zero-order valence-corrected chi connectivity index (χ0v) is 16.3. The highest BCUT2D eigenvalue weighted by Crippen LogP contribution is 2.29. The summed E-state index contributed by atoms with van der Waals surface area (Å²) in [5.74, 6) is -0.629. The van der Waals surface area contributed by atoms with Crippen molar-refractivity contribution in [2.45, 2.75) is 13.8 Å². The van der Waals surface area contributed by atoms with Crippen LogP contribution in [-0.4, -0.2) is 39.2 Å². The summed E-state index contributed by atoms with van der Waals surface area (Å²) in [6.07, 6.45) is 0. The first-order chi connectivity index (χ1) is 13.3. The Balaban J connectivity index is 2.02. The number of hydrogen-bond donors (Lipinski definition) is 0. The summed E-state index contributed by atoms with van der Waals surface area (Å²) in [6.45, 7) is 4.03.